The van der Waals surface area contributed by atoms with Gasteiger partial charge in [-0.05, 0) is 48.2 Å². The summed E-state index contributed by atoms with van der Waals surface area (Å²) in [5.74, 6) is -1.88. The van der Waals surface area contributed by atoms with Gasteiger partial charge in [0.25, 0.3) is 30.4 Å². The van der Waals surface area contributed by atoms with E-state index >= 15 is 0 Å². The highest BCUT2D eigenvalue weighted by atomic mass is 32.2. The van der Waals surface area contributed by atoms with Crippen molar-refractivity contribution < 1.29 is 59.3 Å². The molecule has 64 heavy (non-hydrogen) atoms. The fraction of sp³-hybridized carbons (Fsp3) is 0.444. The average Bonchev–Trinajstić information content (AvgIpc) is 3.21. The molecule has 4 aromatic rings. The molecule has 0 saturated carbocycles. The van der Waals surface area contributed by atoms with Crippen molar-refractivity contribution >= 4 is 89.6 Å². The molecule has 0 bridgehead atoms. The lowest BCUT2D eigenvalue weighted by molar-refractivity contribution is 0.186. The second-order valence-electron chi connectivity index (χ2n) is 14.3. The van der Waals surface area contributed by atoms with Crippen LogP contribution >= 0.6 is 0 Å². The van der Waals surface area contributed by atoms with Gasteiger partial charge in [0.1, 0.15) is 4.90 Å². The second kappa shape index (κ2) is 23.5. The largest absolute Gasteiger partial charge is 0.396 e. The fourth-order valence-corrected chi connectivity index (χ4v) is 7.23. The normalized spacial score (nSPS) is 13.1. The van der Waals surface area contributed by atoms with Crippen LogP contribution in [0.2, 0.25) is 0 Å². The van der Waals surface area contributed by atoms with Crippen molar-refractivity contribution in [3.63, 3.8) is 0 Å². The summed E-state index contributed by atoms with van der Waals surface area (Å²) >= 11 is 0. The van der Waals surface area contributed by atoms with Gasteiger partial charge in [-0.25, -0.2) is 0 Å². The summed E-state index contributed by atoms with van der Waals surface area (Å²) in [4.78, 5) is 28.6. The van der Waals surface area contributed by atoms with Crippen LogP contribution < -0.4 is 31.1 Å². The molecule has 0 aliphatic heterocycles. The first-order chi connectivity index (χ1) is 30.2. The van der Waals surface area contributed by atoms with E-state index in [9.17, 15) is 50.2 Å². The van der Waals surface area contributed by atoms with Crippen LogP contribution in [0.1, 0.15) is 24.0 Å². The zero-order valence-corrected chi connectivity index (χ0v) is 37.2. The van der Waals surface area contributed by atoms with Crippen molar-refractivity contribution in [3.8, 4) is 0 Å². The second-order valence-corrected chi connectivity index (χ2v) is 18.8. The van der Waals surface area contributed by atoms with E-state index in [1.807, 2.05) is 0 Å². The van der Waals surface area contributed by atoms with E-state index in [0.29, 0.717) is 17.7 Å². The summed E-state index contributed by atoms with van der Waals surface area (Å²) in [6, 6.07) is 10.8. The van der Waals surface area contributed by atoms with Gasteiger partial charge >= 0.3 is 0 Å². The fourth-order valence-electron chi connectivity index (χ4n) is 5.80. The molecule has 2 atom stereocenters. The van der Waals surface area contributed by atoms with Gasteiger partial charge in [-0.2, -0.15) is 55.2 Å². The van der Waals surface area contributed by atoms with Gasteiger partial charge in [0.15, 0.2) is 0 Å². The van der Waals surface area contributed by atoms with Gasteiger partial charge in [0.2, 0.25) is 35.7 Å². The topological polar surface area (TPSA) is 376 Å². The van der Waals surface area contributed by atoms with Gasteiger partial charge < -0.3 is 51.5 Å². The highest BCUT2D eigenvalue weighted by molar-refractivity contribution is 7.86. The molecule has 0 spiro atoms. The van der Waals surface area contributed by atoms with Crippen LogP contribution in [0.15, 0.2) is 47.4 Å². The lowest BCUT2D eigenvalue weighted by Gasteiger charge is -2.23. The molecule has 0 saturated heterocycles. The Balaban J connectivity index is 1.56. The number of benzene rings is 2. The van der Waals surface area contributed by atoms with Crippen molar-refractivity contribution in [1.82, 2.24) is 29.9 Å². The van der Waals surface area contributed by atoms with Crippen LogP contribution in [0.25, 0.3) is 12.2 Å². The molecule has 0 fully saturated rings. The number of anilines is 8. The summed E-state index contributed by atoms with van der Waals surface area (Å²) in [7, 11) is -10.1. The Labute approximate surface area is 370 Å². The first kappa shape index (κ1) is 51.2. The third kappa shape index (κ3) is 17.3. The molecule has 0 radical (unpaired) electrons. The van der Waals surface area contributed by atoms with Gasteiger partial charge in [-0.15, -0.1) is 0 Å². The maximum absolute atomic E-state index is 12.6. The Morgan fingerprint density at radius 1 is 0.594 bits per heavy atom. The van der Waals surface area contributed by atoms with E-state index in [1.165, 1.54) is 18.2 Å². The number of nitrogens with zero attached hydrogens (tertiary/aromatic N) is 8. The minimum Gasteiger partial charge on any atom is -0.396 e. The Morgan fingerprint density at radius 3 is 1.45 bits per heavy atom. The molecule has 28 heteroatoms. The van der Waals surface area contributed by atoms with Crippen LogP contribution in [-0.4, -0.2) is 167 Å². The van der Waals surface area contributed by atoms with Gasteiger partial charge in [-0.3, -0.25) is 13.7 Å². The van der Waals surface area contributed by atoms with Crippen molar-refractivity contribution in [2.24, 2.45) is 11.8 Å². The monoisotopic (exact) mass is 956 g/mol. The molecule has 0 amide bonds. The number of aromatic nitrogens is 6. The molecule has 2 heterocycles. The summed E-state index contributed by atoms with van der Waals surface area (Å²) in [6.45, 7) is -0.758. The number of hydrogen-bond donors (Lipinski definition) is 11. The SMILES string of the molecule is CN(CC(CO)CCO)c1nc(NCCS(=O)(=O)O)nc(Nc2ccc(C=Cc3ccc(Nc4nc(NCCS(=O)(=O)O)nc(N(C)CC(CO)CCO)n4)cc3S(=O)(=O)O)cc2)n1. The average molecular weight is 957 g/mol. The number of aliphatic hydroxyl groups is 4. The van der Waals surface area contributed by atoms with Crippen LogP contribution in [0.5, 0.6) is 0 Å². The van der Waals surface area contributed by atoms with Gasteiger partial charge in [0, 0.05) is 89.9 Å². The summed E-state index contributed by atoms with van der Waals surface area (Å²) in [6.07, 6.45) is 3.66. The highest BCUT2D eigenvalue weighted by Gasteiger charge is 2.20. The van der Waals surface area contributed by atoms with E-state index in [1.54, 1.807) is 54.2 Å². The van der Waals surface area contributed by atoms with E-state index in [2.05, 4.69) is 51.2 Å². The van der Waals surface area contributed by atoms with Crippen LogP contribution in [0.4, 0.5) is 47.1 Å². The van der Waals surface area contributed by atoms with Gasteiger partial charge in [0.05, 0.1) is 11.5 Å². The number of aliphatic hydroxyl groups excluding tert-OH is 4. The molecular formula is C36H52N12O13S3. The highest BCUT2D eigenvalue weighted by Crippen LogP contribution is 2.26. The molecule has 25 nitrogen and oxygen atoms in total. The van der Waals surface area contributed by atoms with Gasteiger partial charge in [-0.1, -0.05) is 30.4 Å². The first-order valence-corrected chi connectivity index (χ1v) is 24.0. The maximum atomic E-state index is 12.6. The molecule has 2 aromatic carbocycles. The third-order valence-corrected chi connectivity index (χ3v) is 11.4. The molecule has 0 aliphatic rings. The first-order valence-electron chi connectivity index (χ1n) is 19.4. The van der Waals surface area contributed by atoms with Crippen molar-refractivity contribution in [1.29, 1.82) is 0 Å². The lowest BCUT2D eigenvalue weighted by Crippen LogP contribution is -2.30. The van der Waals surface area contributed by atoms with E-state index in [4.69, 9.17) is 9.11 Å². The van der Waals surface area contributed by atoms with E-state index < -0.39 is 46.8 Å². The standard InChI is InChI=1S/C36H52N12O13S3/c1-47(20-25(22-51)11-15-49)35-43-31(37-13-17-62(53,54)55)41-33(45-35)39-28-8-4-24(5-9-28)3-6-27-7-10-29(19-30(27)64(59,60)61)40-34-42-32(38-14-18-63(56,57)58)44-36(46-34)48(2)21-26(23-52)12-16-50/h3-10,19,25-26,49-52H,11-18,20-23H2,1-2H3,(H,53,54,55)(H,56,57,58)(H,59,60,61)(H2,37,39,41,43,45)(H2,38,40,42,44,46). The van der Waals surface area contributed by atoms with Crippen LogP contribution in [0.3, 0.4) is 0 Å². The Kier molecular flexibility index (Phi) is 18.8. The summed E-state index contributed by atoms with van der Waals surface area (Å²) < 4.78 is 98.7. The lowest BCUT2D eigenvalue weighted by atomic mass is 10.1. The molecule has 352 valence electrons. The molecular weight excluding hydrogens is 905 g/mol. The van der Waals surface area contributed by atoms with E-state index in [-0.39, 0.29) is 118 Å². The van der Waals surface area contributed by atoms with Crippen molar-refractivity contribution in [2.75, 3.05) is 109 Å². The Hall–Kier alpha value is -5.43. The number of rotatable bonds is 27. The zero-order valence-electron chi connectivity index (χ0n) is 34.7. The van der Waals surface area contributed by atoms with E-state index in [0.717, 1.165) is 6.07 Å². The smallest absolute Gasteiger partial charge is 0.295 e. The quantitative estimate of drug-likeness (QED) is 0.0285. The van der Waals surface area contributed by atoms with Crippen LogP contribution in [0, 0.1) is 11.8 Å². The van der Waals surface area contributed by atoms with Crippen molar-refractivity contribution in [2.45, 2.75) is 17.7 Å². The minimum atomic E-state index is -4.80. The van der Waals surface area contributed by atoms with Crippen LogP contribution in [-0.2, 0) is 30.4 Å². The zero-order chi connectivity index (χ0) is 47.1. The number of hydrogen-bond acceptors (Lipinski definition) is 22. The predicted octanol–water partition coefficient (Wildman–Crippen LogP) is 0.415. The van der Waals surface area contributed by atoms with Crippen molar-refractivity contribution in [3.05, 3.63) is 53.6 Å². The summed E-state index contributed by atoms with van der Waals surface area (Å²) in [5, 5.41) is 49.4. The Bertz CT molecular complexity index is 2520. The molecule has 4 rings (SSSR count). The molecule has 2 unspecified atom stereocenters. The Morgan fingerprint density at radius 2 is 1.03 bits per heavy atom. The number of nitrogens with one attached hydrogen (secondary N) is 4. The maximum Gasteiger partial charge on any atom is 0.295 e. The third-order valence-electron chi connectivity index (χ3n) is 9.04. The summed E-state index contributed by atoms with van der Waals surface area (Å²) in [5.41, 5.74) is 1.34. The molecule has 2 aromatic heterocycles. The predicted molar refractivity (Wildman–Crippen MR) is 239 cm³/mol. The molecule has 0 aliphatic carbocycles. The minimum absolute atomic E-state index is 0.00969. The molecule has 11 N–H and O–H groups in total.